The van der Waals surface area contributed by atoms with E-state index in [0.29, 0.717) is 18.3 Å². The number of carbonyl (C=O) groups is 1. The first-order valence-electron chi connectivity index (χ1n) is 11.2. The summed E-state index contributed by atoms with van der Waals surface area (Å²) in [7, 11) is 0. The Labute approximate surface area is 185 Å². The molecule has 1 aliphatic carbocycles. The van der Waals surface area contributed by atoms with Gasteiger partial charge in [0, 0.05) is 17.7 Å². The molecule has 1 unspecified atom stereocenters. The Hall–Kier alpha value is -1.49. The summed E-state index contributed by atoms with van der Waals surface area (Å²) in [5.41, 5.74) is 7.63. The summed E-state index contributed by atoms with van der Waals surface area (Å²) >= 11 is 1.74. The molecule has 2 aromatic rings. The van der Waals surface area contributed by atoms with Crippen LogP contribution in [0.1, 0.15) is 81.5 Å². The minimum atomic E-state index is -0.724. The fourth-order valence-electron chi connectivity index (χ4n) is 4.78. The highest BCUT2D eigenvalue weighted by Gasteiger charge is 2.31. The molecule has 164 valence electrons. The minimum absolute atomic E-state index is 0.225. The van der Waals surface area contributed by atoms with E-state index in [0.717, 1.165) is 53.7 Å². The molecule has 4 heteroatoms. The predicted octanol–water partition coefficient (Wildman–Crippen LogP) is 5.15. The van der Waals surface area contributed by atoms with Crippen LogP contribution in [0.5, 0.6) is 0 Å². The highest BCUT2D eigenvalue weighted by Crippen LogP contribution is 2.42. The Kier molecular flexibility index (Phi) is 7.21. The standard InChI is InChI=1S/C26H36O3S/c1-6-24-22-14-26(4,5)10-9-20(22)25(30-24)23(29)8-7-18-11-16(2)21(17(3)12-18)13-19(28)15-27/h11-12,19,27-28H,6-10,13-15H2,1-5H3. The van der Waals surface area contributed by atoms with Crippen molar-refractivity contribution in [2.24, 2.45) is 5.41 Å². The van der Waals surface area contributed by atoms with E-state index in [1.165, 1.54) is 21.6 Å². The number of aryl methyl sites for hydroxylation is 4. The van der Waals surface area contributed by atoms with Crippen LogP contribution in [0.25, 0.3) is 0 Å². The normalized spacial score (nSPS) is 16.4. The molecule has 0 radical (unpaired) electrons. The number of Topliss-reactive ketones (excluding diaryl/α,β-unsaturated/α-hetero) is 1. The van der Waals surface area contributed by atoms with Crippen LogP contribution in [0.3, 0.4) is 0 Å². The van der Waals surface area contributed by atoms with Crippen LogP contribution in [-0.2, 0) is 32.1 Å². The van der Waals surface area contributed by atoms with E-state index in [1.54, 1.807) is 11.3 Å². The zero-order chi connectivity index (χ0) is 22.1. The van der Waals surface area contributed by atoms with Gasteiger partial charge in [-0.25, -0.2) is 0 Å². The van der Waals surface area contributed by atoms with Gasteiger partial charge in [-0.15, -0.1) is 11.3 Å². The number of benzene rings is 1. The maximum atomic E-state index is 13.2. The van der Waals surface area contributed by atoms with E-state index in [-0.39, 0.29) is 12.4 Å². The third kappa shape index (κ3) is 5.04. The monoisotopic (exact) mass is 428 g/mol. The van der Waals surface area contributed by atoms with Crippen LogP contribution < -0.4 is 0 Å². The van der Waals surface area contributed by atoms with Crippen molar-refractivity contribution >= 4 is 17.1 Å². The van der Waals surface area contributed by atoms with Crippen molar-refractivity contribution in [1.82, 2.24) is 0 Å². The average Bonchev–Trinajstić information content (AvgIpc) is 3.05. The lowest BCUT2D eigenvalue weighted by Crippen LogP contribution is -2.22. The smallest absolute Gasteiger partial charge is 0.173 e. The molecular formula is C26H36O3S. The van der Waals surface area contributed by atoms with E-state index in [2.05, 4.69) is 32.9 Å². The molecule has 3 rings (SSSR count). The average molecular weight is 429 g/mol. The van der Waals surface area contributed by atoms with Crippen LogP contribution in [-0.4, -0.2) is 28.7 Å². The van der Waals surface area contributed by atoms with Gasteiger partial charge in [0.15, 0.2) is 5.78 Å². The molecule has 0 saturated carbocycles. The third-order valence-electron chi connectivity index (χ3n) is 6.53. The van der Waals surface area contributed by atoms with Crippen molar-refractivity contribution < 1.29 is 15.0 Å². The van der Waals surface area contributed by atoms with E-state index in [4.69, 9.17) is 5.11 Å². The van der Waals surface area contributed by atoms with Gasteiger partial charge in [0.25, 0.3) is 0 Å². The molecule has 1 atom stereocenters. The Morgan fingerprint density at radius 3 is 2.47 bits per heavy atom. The number of hydrogen-bond donors (Lipinski definition) is 2. The highest BCUT2D eigenvalue weighted by atomic mass is 32.1. The lowest BCUT2D eigenvalue weighted by atomic mass is 9.74. The zero-order valence-corrected chi connectivity index (χ0v) is 19.9. The number of aliphatic hydroxyl groups is 2. The van der Waals surface area contributed by atoms with Gasteiger partial charge >= 0.3 is 0 Å². The number of ketones is 1. The number of thiophene rings is 1. The Balaban J connectivity index is 1.75. The molecule has 1 aliphatic rings. The maximum Gasteiger partial charge on any atom is 0.173 e. The second kappa shape index (κ2) is 9.33. The van der Waals surface area contributed by atoms with Crippen molar-refractivity contribution in [3.63, 3.8) is 0 Å². The van der Waals surface area contributed by atoms with Crippen LogP contribution in [0, 0.1) is 19.3 Å². The van der Waals surface area contributed by atoms with Gasteiger partial charge < -0.3 is 10.2 Å². The van der Waals surface area contributed by atoms with E-state index < -0.39 is 6.10 Å². The van der Waals surface area contributed by atoms with Crippen molar-refractivity contribution in [3.05, 3.63) is 55.3 Å². The van der Waals surface area contributed by atoms with Crippen LogP contribution in [0.15, 0.2) is 12.1 Å². The molecule has 3 nitrogen and oxygen atoms in total. The summed E-state index contributed by atoms with van der Waals surface area (Å²) in [5.74, 6) is 0.283. The molecule has 0 saturated heterocycles. The van der Waals surface area contributed by atoms with Crippen molar-refractivity contribution in [2.45, 2.75) is 85.7 Å². The Bertz CT molecular complexity index is 900. The molecule has 0 bridgehead atoms. The van der Waals surface area contributed by atoms with Crippen LogP contribution in [0.2, 0.25) is 0 Å². The molecule has 2 N–H and O–H groups in total. The summed E-state index contributed by atoms with van der Waals surface area (Å²) in [6.45, 7) is 10.7. The first kappa shape index (κ1) is 23.2. The number of hydrogen-bond acceptors (Lipinski definition) is 4. The molecule has 1 aromatic heterocycles. The van der Waals surface area contributed by atoms with Gasteiger partial charge in [-0.1, -0.05) is 32.9 Å². The fraction of sp³-hybridized carbons (Fsp3) is 0.577. The summed E-state index contributed by atoms with van der Waals surface area (Å²) in [6.07, 6.45) is 5.30. The topological polar surface area (TPSA) is 57.5 Å². The van der Waals surface area contributed by atoms with Gasteiger partial charge in [0.05, 0.1) is 17.6 Å². The fourth-order valence-corrected chi connectivity index (χ4v) is 6.06. The number of aliphatic hydroxyl groups excluding tert-OH is 2. The molecule has 1 heterocycles. The molecule has 30 heavy (non-hydrogen) atoms. The Morgan fingerprint density at radius 1 is 1.20 bits per heavy atom. The summed E-state index contributed by atoms with van der Waals surface area (Å²) in [4.78, 5) is 15.6. The van der Waals surface area contributed by atoms with Gasteiger partial charge in [-0.05, 0) is 84.7 Å². The number of fused-ring (bicyclic) bond motifs is 1. The SMILES string of the molecule is CCc1sc(C(=O)CCc2cc(C)c(CC(O)CO)c(C)c2)c2c1CC(C)(C)CC2. The lowest BCUT2D eigenvalue weighted by Gasteiger charge is -2.30. The Morgan fingerprint density at radius 2 is 1.87 bits per heavy atom. The zero-order valence-electron chi connectivity index (χ0n) is 19.1. The predicted molar refractivity (Wildman–Crippen MR) is 125 cm³/mol. The lowest BCUT2D eigenvalue weighted by molar-refractivity contribution is 0.0952. The van der Waals surface area contributed by atoms with Crippen molar-refractivity contribution in [1.29, 1.82) is 0 Å². The van der Waals surface area contributed by atoms with Crippen LogP contribution in [0.4, 0.5) is 0 Å². The van der Waals surface area contributed by atoms with Gasteiger partial charge in [0.2, 0.25) is 0 Å². The molecule has 0 fully saturated rings. The number of carbonyl (C=O) groups excluding carboxylic acids is 1. The summed E-state index contributed by atoms with van der Waals surface area (Å²) in [5, 5.41) is 18.9. The van der Waals surface area contributed by atoms with Gasteiger partial charge in [-0.3, -0.25) is 4.79 Å². The molecule has 1 aromatic carbocycles. The largest absolute Gasteiger partial charge is 0.394 e. The van der Waals surface area contributed by atoms with Crippen molar-refractivity contribution in [3.8, 4) is 0 Å². The second-order valence-corrected chi connectivity index (χ2v) is 10.8. The van der Waals surface area contributed by atoms with Gasteiger partial charge in [0.1, 0.15) is 0 Å². The van der Waals surface area contributed by atoms with Crippen LogP contribution >= 0.6 is 11.3 Å². The van der Waals surface area contributed by atoms with E-state index in [9.17, 15) is 9.90 Å². The molecular weight excluding hydrogens is 392 g/mol. The highest BCUT2D eigenvalue weighted by molar-refractivity contribution is 7.14. The summed E-state index contributed by atoms with van der Waals surface area (Å²) in [6, 6.07) is 4.26. The first-order valence-corrected chi connectivity index (χ1v) is 12.0. The third-order valence-corrected chi connectivity index (χ3v) is 7.99. The summed E-state index contributed by atoms with van der Waals surface area (Å²) < 4.78 is 0. The quantitative estimate of drug-likeness (QED) is 0.572. The van der Waals surface area contributed by atoms with E-state index >= 15 is 0 Å². The first-order chi connectivity index (χ1) is 14.1. The van der Waals surface area contributed by atoms with Gasteiger partial charge in [-0.2, -0.15) is 0 Å². The molecule has 0 aliphatic heterocycles. The van der Waals surface area contributed by atoms with Crippen molar-refractivity contribution in [2.75, 3.05) is 6.61 Å². The van der Waals surface area contributed by atoms with E-state index in [1.807, 2.05) is 13.8 Å². The maximum absolute atomic E-state index is 13.2. The molecule has 0 spiro atoms. The second-order valence-electron chi connectivity index (χ2n) is 9.68. The number of rotatable bonds is 8. The molecule has 0 amide bonds. The minimum Gasteiger partial charge on any atom is -0.394 e.